The maximum absolute atomic E-state index is 12.4. The predicted molar refractivity (Wildman–Crippen MR) is 119 cm³/mol. The van der Waals surface area contributed by atoms with Crippen molar-refractivity contribution in [1.82, 2.24) is 30.0 Å². The van der Waals surface area contributed by atoms with Gasteiger partial charge in [-0.2, -0.15) is 0 Å². The molecule has 4 rings (SSSR count). The number of ether oxygens (including phenoxy) is 1. The third-order valence-corrected chi connectivity index (χ3v) is 5.97. The number of likely N-dealkylation sites (tertiary alicyclic amines) is 1. The van der Waals surface area contributed by atoms with Crippen molar-refractivity contribution in [1.29, 1.82) is 0 Å². The van der Waals surface area contributed by atoms with Gasteiger partial charge in [0.2, 0.25) is 11.8 Å². The number of hydrogen-bond acceptors (Lipinski definition) is 7. The molecule has 0 radical (unpaired) electrons. The van der Waals surface area contributed by atoms with Gasteiger partial charge in [-0.05, 0) is 36.2 Å². The highest BCUT2D eigenvalue weighted by Gasteiger charge is 2.24. The van der Waals surface area contributed by atoms with E-state index in [4.69, 9.17) is 4.74 Å². The van der Waals surface area contributed by atoms with Gasteiger partial charge in [-0.25, -0.2) is 4.98 Å². The normalized spacial score (nSPS) is 13.4. The molecule has 1 aliphatic rings. The van der Waals surface area contributed by atoms with Gasteiger partial charge in [0.25, 0.3) is 0 Å². The quantitative estimate of drug-likeness (QED) is 0.497. The molecule has 3 heterocycles. The number of nitrogens with one attached hydrogen (secondary N) is 1. The van der Waals surface area contributed by atoms with E-state index in [1.807, 2.05) is 47.0 Å². The third-order valence-electron chi connectivity index (χ3n) is 5.04. The summed E-state index contributed by atoms with van der Waals surface area (Å²) in [6.45, 7) is 1.49. The van der Waals surface area contributed by atoms with Crippen molar-refractivity contribution in [3.8, 4) is 11.6 Å². The number of amides is 2. The Morgan fingerprint density at radius 1 is 1.22 bits per heavy atom. The molecule has 166 valence electrons. The van der Waals surface area contributed by atoms with Crippen molar-refractivity contribution in [2.75, 3.05) is 19.4 Å². The van der Waals surface area contributed by atoms with E-state index in [9.17, 15) is 9.59 Å². The van der Waals surface area contributed by atoms with E-state index in [1.165, 1.54) is 11.8 Å². The van der Waals surface area contributed by atoms with Crippen LogP contribution in [0.15, 0.2) is 53.8 Å². The summed E-state index contributed by atoms with van der Waals surface area (Å²) >= 11 is 1.28. The largest absolute Gasteiger partial charge is 0.497 e. The summed E-state index contributed by atoms with van der Waals surface area (Å²) in [7, 11) is 1.61. The first-order valence-electron chi connectivity index (χ1n) is 10.3. The minimum Gasteiger partial charge on any atom is -0.497 e. The van der Waals surface area contributed by atoms with E-state index in [0.717, 1.165) is 17.7 Å². The van der Waals surface area contributed by atoms with Crippen LogP contribution in [-0.2, 0) is 22.7 Å². The Bertz CT molecular complexity index is 1090. The Morgan fingerprint density at radius 3 is 2.88 bits per heavy atom. The highest BCUT2D eigenvalue weighted by Crippen LogP contribution is 2.23. The van der Waals surface area contributed by atoms with Gasteiger partial charge in [0.15, 0.2) is 11.0 Å². The lowest BCUT2D eigenvalue weighted by Gasteiger charge is -2.16. The lowest BCUT2D eigenvalue weighted by atomic mass is 10.2. The summed E-state index contributed by atoms with van der Waals surface area (Å²) in [5.41, 5.74) is 0.955. The Kier molecular flexibility index (Phi) is 7.00. The van der Waals surface area contributed by atoms with Crippen LogP contribution in [0.4, 0.5) is 0 Å². The fourth-order valence-corrected chi connectivity index (χ4v) is 4.21. The first-order chi connectivity index (χ1) is 15.6. The van der Waals surface area contributed by atoms with Crippen LogP contribution in [0.1, 0.15) is 24.2 Å². The lowest BCUT2D eigenvalue weighted by Crippen LogP contribution is -2.26. The molecule has 0 aliphatic carbocycles. The molecule has 2 aromatic heterocycles. The number of nitrogens with zero attached hydrogens (tertiary/aromatic N) is 5. The number of aromatic nitrogens is 4. The lowest BCUT2D eigenvalue weighted by molar-refractivity contribution is -0.128. The number of benzene rings is 1. The Morgan fingerprint density at radius 2 is 2.12 bits per heavy atom. The van der Waals surface area contributed by atoms with Crippen LogP contribution < -0.4 is 10.1 Å². The molecule has 9 nitrogen and oxygen atoms in total. The van der Waals surface area contributed by atoms with Crippen molar-refractivity contribution < 1.29 is 14.3 Å². The van der Waals surface area contributed by atoms with Crippen molar-refractivity contribution in [3.05, 3.63) is 60.0 Å². The molecule has 32 heavy (non-hydrogen) atoms. The summed E-state index contributed by atoms with van der Waals surface area (Å²) in [6, 6.07) is 13.1. The van der Waals surface area contributed by atoms with E-state index in [2.05, 4.69) is 20.5 Å². The van der Waals surface area contributed by atoms with Crippen molar-refractivity contribution in [2.24, 2.45) is 0 Å². The molecule has 1 N–H and O–H groups in total. The Balaban J connectivity index is 1.43. The first-order valence-corrected chi connectivity index (χ1v) is 11.3. The second-order valence-corrected chi connectivity index (χ2v) is 8.20. The van der Waals surface area contributed by atoms with Crippen LogP contribution in [0.2, 0.25) is 0 Å². The van der Waals surface area contributed by atoms with Gasteiger partial charge >= 0.3 is 0 Å². The third kappa shape index (κ3) is 5.25. The number of rotatable bonds is 9. The molecular weight excluding hydrogens is 428 g/mol. The van der Waals surface area contributed by atoms with Gasteiger partial charge in [-0.1, -0.05) is 30.0 Å². The average Bonchev–Trinajstić information content (AvgIpc) is 3.43. The second kappa shape index (κ2) is 10.3. The van der Waals surface area contributed by atoms with E-state index < -0.39 is 0 Å². The number of methoxy groups -OCH3 is 1. The van der Waals surface area contributed by atoms with Crippen LogP contribution in [0.3, 0.4) is 0 Å². The molecule has 0 unspecified atom stereocenters. The summed E-state index contributed by atoms with van der Waals surface area (Å²) in [5, 5.41) is 12.0. The van der Waals surface area contributed by atoms with Gasteiger partial charge in [0.1, 0.15) is 11.6 Å². The topological polar surface area (TPSA) is 102 Å². The van der Waals surface area contributed by atoms with Gasteiger partial charge < -0.3 is 15.0 Å². The fraction of sp³-hybridized carbons (Fsp3) is 0.318. The predicted octanol–water partition coefficient (Wildman–Crippen LogP) is 2.20. The number of hydrogen-bond donors (Lipinski definition) is 1. The van der Waals surface area contributed by atoms with Crippen LogP contribution in [-0.4, -0.2) is 55.9 Å². The van der Waals surface area contributed by atoms with Crippen LogP contribution in [0.5, 0.6) is 5.75 Å². The van der Waals surface area contributed by atoms with E-state index in [1.54, 1.807) is 18.2 Å². The van der Waals surface area contributed by atoms with Crippen molar-refractivity contribution in [2.45, 2.75) is 31.1 Å². The SMILES string of the molecule is COc1cccc(CNC(=O)CSc2nnc(CN3CCCC3=O)n2-c2ccccn2)c1. The highest BCUT2D eigenvalue weighted by molar-refractivity contribution is 7.99. The Labute approximate surface area is 190 Å². The molecule has 1 aliphatic heterocycles. The maximum atomic E-state index is 12.4. The molecule has 0 spiro atoms. The van der Waals surface area contributed by atoms with E-state index in [-0.39, 0.29) is 17.6 Å². The zero-order valence-electron chi connectivity index (χ0n) is 17.7. The zero-order chi connectivity index (χ0) is 22.3. The number of thioether (sulfide) groups is 1. The summed E-state index contributed by atoms with van der Waals surface area (Å²) in [4.78, 5) is 30.7. The molecule has 0 bridgehead atoms. The molecule has 0 saturated carbocycles. The van der Waals surface area contributed by atoms with Crippen molar-refractivity contribution in [3.63, 3.8) is 0 Å². The van der Waals surface area contributed by atoms with E-state index >= 15 is 0 Å². The molecule has 2 amide bonds. The van der Waals surface area contributed by atoms with Crippen LogP contribution in [0.25, 0.3) is 5.82 Å². The molecule has 1 fully saturated rings. The molecular formula is C22H24N6O3S. The fourth-order valence-electron chi connectivity index (χ4n) is 3.42. The molecule has 10 heteroatoms. The van der Waals surface area contributed by atoms with Crippen LogP contribution >= 0.6 is 11.8 Å². The number of pyridine rings is 1. The van der Waals surface area contributed by atoms with Gasteiger partial charge in [0, 0.05) is 25.7 Å². The minimum atomic E-state index is -0.121. The minimum absolute atomic E-state index is 0.117. The molecule has 0 atom stereocenters. The Hall–Kier alpha value is -3.40. The number of carbonyl (C=O) groups excluding carboxylic acids is 2. The molecule has 3 aromatic rings. The summed E-state index contributed by atoms with van der Waals surface area (Å²) < 4.78 is 7.02. The monoisotopic (exact) mass is 452 g/mol. The average molecular weight is 453 g/mol. The molecule has 1 saturated heterocycles. The standard InChI is InChI=1S/C22H24N6O3S/c1-31-17-7-4-6-16(12-17)13-24-20(29)15-32-22-26-25-19(14-27-11-5-9-21(27)30)28(22)18-8-2-3-10-23-18/h2-4,6-8,10,12H,5,9,11,13-15H2,1H3,(H,24,29). The van der Waals surface area contributed by atoms with Crippen LogP contribution in [0, 0.1) is 0 Å². The first kappa shape index (κ1) is 21.8. The zero-order valence-corrected chi connectivity index (χ0v) is 18.5. The smallest absolute Gasteiger partial charge is 0.230 e. The van der Waals surface area contributed by atoms with Crippen molar-refractivity contribution >= 4 is 23.6 Å². The van der Waals surface area contributed by atoms with Gasteiger partial charge in [-0.3, -0.25) is 14.2 Å². The van der Waals surface area contributed by atoms with Gasteiger partial charge in [0.05, 0.1) is 19.4 Å². The van der Waals surface area contributed by atoms with Gasteiger partial charge in [-0.15, -0.1) is 10.2 Å². The highest BCUT2D eigenvalue weighted by atomic mass is 32.2. The summed E-state index contributed by atoms with van der Waals surface area (Å²) in [6.07, 6.45) is 3.10. The molecule has 1 aromatic carbocycles. The summed E-state index contributed by atoms with van der Waals surface area (Å²) in [5.74, 6) is 2.20. The van der Waals surface area contributed by atoms with E-state index in [0.29, 0.717) is 42.9 Å². The maximum Gasteiger partial charge on any atom is 0.230 e. The number of carbonyl (C=O) groups is 2. The second-order valence-electron chi connectivity index (χ2n) is 7.26.